The Kier molecular flexibility index (Phi) is 7.01. The standard InChI is InChI=1S/C20H26N4O3/c1-26-18-5-3-2-4-16(18)14-22-19-7-6-17(15-23-19)20(25)21-8-9-24-10-12-27-13-11-24/h2-7,15H,8-14H2,1H3,(H,21,25)(H,22,23). The molecule has 3 rings (SSSR count). The third-order valence-electron chi connectivity index (χ3n) is 4.50. The number of para-hydroxylation sites is 1. The van der Waals surface area contributed by atoms with Crippen molar-refractivity contribution >= 4 is 11.7 Å². The number of amides is 1. The molecule has 0 aliphatic carbocycles. The number of nitrogens with one attached hydrogen (secondary N) is 2. The molecule has 0 saturated carbocycles. The van der Waals surface area contributed by atoms with E-state index in [1.54, 1.807) is 19.4 Å². The molecule has 2 N–H and O–H groups in total. The summed E-state index contributed by atoms with van der Waals surface area (Å²) in [7, 11) is 1.66. The Bertz CT molecular complexity index is 730. The number of methoxy groups -OCH3 is 1. The Morgan fingerprint density at radius 3 is 2.78 bits per heavy atom. The highest BCUT2D eigenvalue weighted by atomic mass is 16.5. The van der Waals surface area contributed by atoms with Gasteiger partial charge in [0.15, 0.2) is 0 Å². The Labute approximate surface area is 159 Å². The first-order valence-corrected chi connectivity index (χ1v) is 9.16. The molecule has 2 aromatic rings. The van der Waals surface area contributed by atoms with Crippen LogP contribution >= 0.6 is 0 Å². The molecule has 7 heteroatoms. The minimum absolute atomic E-state index is 0.105. The van der Waals surface area contributed by atoms with E-state index in [1.165, 1.54) is 0 Å². The zero-order valence-electron chi connectivity index (χ0n) is 15.6. The molecule has 0 spiro atoms. The van der Waals surface area contributed by atoms with Gasteiger partial charge >= 0.3 is 0 Å². The van der Waals surface area contributed by atoms with Crippen LogP contribution in [0.3, 0.4) is 0 Å². The molecule has 1 aromatic heterocycles. The molecule has 2 heterocycles. The van der Waals surface area contributed by atoms with Crippen LogP contribution in [0.4, 0.5) is 5.82 Å². The lowest BCUT2D eigenvalue weighted by Crippen LogP contribution is -2.41. The second-order valence-corrected chi connectivity index (χ2v) is 6.31. The highest BCUT2D eigenvalue weighted by molar-refractivity contribution is 5.94. The Morgan fingerprint density at radius 2 is 2.04 bits per heavy atom. The number of hydrogen-bond donors (Lipinski definition) is 2. The van der Waals surface area contributed by atoms with Gasteiger partial charge in [-0.25, -0.2) is 4.98 Å². The minimum atomic E-state index is -0.105. The van der Waals surface area contributed by atoms with Gasteiger partial charge in [-0.3, -0.25) is 9.69 Å². The third-order valence-corrected chi connectivity index (χ3v) is 4.50. The predicted octanol–water partition coefficient (Wildman–Crippen LogP) is 1.76. The Morgan fingerprint density at radius 1 is 1.22 bits per heavy atom. The van der Waals surface area contributed by atoms with Gasteiger partial charge in [-0.1, -0.05) is 18.2 Å². The second kappa shape index (κ2) is 9.89. The average molecular weight is 370 g/mol. The van der Waals surface area contributed by atoms with E-state index >= 15 is 0 Å². The van der Waals surface area contributed by atoms with E-state index in [1.807, 2.05) is 30.3 Å². The normalized spacial score (nSPS) is 14.6. The monoisotopic (exact) mass is 370 g/mol. The number of pyridine rings is 1. The van der Waals surface area contributed by atoms with Gasteiger partial charge in [0.1, 0.15) is 11.6 Å². The molecule has 0 bridgehead atoms. The molecule has 1 aliphatic rings. The summed E-state index contributed by atoms with van der Waals surface area (Å²) in [4.78, 5) is 18.8. The summed E-state index contributed by atoms with van der Waals surface area (Å²) >= 11 is 0. The van der Waals surface area contributed by atoms with Gasteiger partial charge in [0, 0.05) is 44.5 Å². The summed E-state index contributed by atoms with van der Waals surface area (Å²) in [6, 6.07) is 11.4. The summed E-state index contributed by atoms with van der Waals surface area (Å²) in [5.41, 5.74) is 1.60. The van der Waals surface area contributed by atoms with Crippen molar-refractivity contribution in [3.63, 3.8) is 0 Å². The number of morpholine rings is 1. The molecule has 7 nitrogen and oxygen atoms in total. The number of ether oxygens (including phenoxy) is 2. The largest absolute Gasteiger partial charge is 0.496 e. The summed E-state index contributed by atoms with van der Waals surface area (Å²) in [5.74, 6) is 1.44. The van der Waals surface area contributed by atoms with Crippen molar-refractivity contribution < 1.29 is 14.3 Å². The molecule has 0 radical (unpaired) electrons. The molecule has 1 aromatic carbocycles. The van der Waals surface area contributed by atoms with Crippen LogP contribution < -0.4 is 15.4 Å². The average Bonchev–Trinajstić information content (AvgIpc) is 2.73. The van der Waals surface area contributed by atoms with E-state index in [4.69, 9.17) is 9.47 Å². The number of anilines is 1. The van der Waals surface area contributed by atoms with Gasteiger partial charge in [0.25, 0.3) is 5.91 Å². The maximum Gasteiger partial charge on any atom is 0.252 e. The predicted molar refractivity (Wildman–Crippen MR) is 104 cm³/mol. The van der Waals surface area contributed by atoms with Gasteiger partial charge in [-0.05, 0) is 18.2 Å². The van der Waals surface area contributed by atoms with Crippen molar-refractivity contribution in [2.45, 2.75) is 6.54 Å². The van der Waals surface area contributed by atoms with Crippen molar-refractivity contribution in [2.24, 2.45) is 0 Å². The number of aromatic nitrogens is 1. The summed E-state index contributed by atoms with van der Waals surface area (Å²) < 4.78 is 10.7. The first kappa shape index (κ1) is 19.1. The van der Waals surface area contributed by atoms with Crippen molar-refractivity contribution in [1.82, 2.24) is 15.2 Å². The fourth-order valence-corrected chi connectivity index (χ4v) is 2.92. The van der Waals surface area contributed by atoms with Crippen molar-refractivity contribution in [1.29, 1.82) is 0 Å². The van der Waals surface area contributed by atoms with Crippen LogP contribution in [0.1, 0.15) is 15.9 Å². The molecule has 1 saturated heterocycles. The van der Waals surface area contributed by atoms with E-state index < -0.39 is 0 Å². The molecular weight excluding hydrogens is 344 g/mol. The number of carbonyl (C=O) groups is 1. The molecule has 0 atom stereocenters. The van der Waals surface area contributed by atoms with E-state index in [0.717, 1.165) is 44.2 Å². The van der Waals surface area contributed by atoms with E-state index in [0.29, 0.717) is 24.5 Å². The van der Waals surface area contributed by atoms with Crippen molar-refractivity contribution in [3.05, 3.63) is 53.7 Å². The van der Waals surface area contributed by atoms with Crippen molar-refractivity contribution in [2.75, 3.05) is 51.8 Å². The lowest BCUT2D eigenvalue weighted by Gasteiger charge is -2.26. The van der Waals surface area contributed by atoms with Crippen molar-refractivity contribution in [3.8, 4) is 5.75 Å². The number of rotatable bonds is 8. The van der Waals surface area contributed by atoms with Crippen LogP contribution in [-0.2, 0) is 11.3 Å². The van der Waals surface area contributed by atoms with E-state index in [-0.39, 0.29) is 5.91 Å². The van der Waals surface area contributed by atoms with Crippen LogP contribution in [0.5, 0.6) is 5.75 Å². The molecule has 1 aliphatic heterocycles. The number of benzene rings is 1. The van der Waals surface area contributed by atoms with Crippen LogP contribution in [0, 0.1) is 0 Å². The maximum absolute atomic E-state index is 12.2. The number of nitrogens with zero attached hydrogens (tertiary/aromatic N) is 2. The fraction of sp³-hybridized carbons (Fsp3) is 0.400. The Hall–Kier alpha value is -2.64. The molecule has 0 unspecified atom stereocenters. The molecule has 1 fully saturated rings. The smallest absolute Gasteiger partial charge is 0.252 e. The van der Waals surface area contributed by atoms with Crippen LogP contribution in [0.2, 0.25) is 0 Å². The third kappa shape index (κ3) is 5.67. The first-order chi connectivity index (χ1) is 13.3. The SMILES string of the molecule is COc1ccccc1CNc1ccc(C(=O)NCCN2CCOCC2)cn1. The van der Waals surface area contributed by atoms with Gasteiger partial charge in [0.05, 0.1) is 25.9 Å². The quantitative estimate of drug-likeness (QED) is 0.738. The van der Waals surface area contributed by atoms with Gasteiger partial charge in [-0.2, -0.15) is 0 Å². The zero-order valence-corrected chi connectivity index (χ0v) is 15.6. The molecule has 1 amide bonds. The Balaban J connectivity index is 1.45. The highest BCUT2D eigenvalue weighted by Crippen LogP contribution is 2.18. The minimum Gasteiger partial charge on any atom is -0.496 e. The molecule has 27 heavy (non-hydrogen) atoms. The van der Waals surface area contributed by atoms with E-state index in [2.05, 4.69) is 20.5 Å². The number of carbonyl (C=O) groups excluding carboxylic acids is 1. The summed E-state index contributed by atoms with van der Waals surface area (Å²) in [5, 5.41) is 6.19. The van der Waals surface area contributed by atoms with Crippen LogP contribution in [0.15, 0.2) is 42.6 Å². The first-order valence-electron chi connectivity index (χ1n) is 9.16. The van der Waals surface area contributed by atoms with Gasteiger partial charge in [-0.15, -0.1) is 0 Å². The number of hydrogen-bond acceptors (Lipinski definition) is 6. The fourth-order valence-electron chi connectivity index (χ4n) is 2.92. The lowest BCUT2D eigenvalue weighted by atomic mass is 10.2. The summed E-state index contributed by atoms with van der Waals surface area (Å²) in [6.45, 7) is 5.42. The lowest BCUT2D eigenvalue weighted by molar-refractivity contribution is 0.0383. The zero-order chi connectivity index (χ0) is 18.9. The topological polar surface area (TPSA) is 75.7 Å². The van der Waals surface area contributed by atoms with Crippen LogP contribution in [-0.4, -0.2) is 62.3 Å². The van der Waals surface area contributed by atoms with Crippen LogP contribution in [0.25, 0.3) is 0 Å². The van der Waals surface area contributed by atoms with E-state index in [9.17, 15) is 4.79 Å². The molecule has 144 valence electrons. The summed E-state index contributed by atoms with van der Waals surface area (Å²) in [6.07, 6.45) is 1.59. The maximum atomic E-state index is 12.2. The molecular formula is C20H26N4O3. The second-order valence-electron chi connectivity index (χ2n) is 6.31. The highest BCUT2D eigenvalue weighted by Gasteiger charge is 2.11. The van der Waals surface area contributed by atoms with Gasteiger partial charge in [0.2, 0.25) is 0 Å². The van der Waals surface area contributed by atoms with Gasteiger partial charge < -0.3 is 20.1 Å².